The highest BCUT2D eigenvalue weighted by Gasteiger charge is 2.20. The predicted molar refractivity (Wildman–Crippen MR) is 98.5 cm³/mol. The number of rotatable bonds is 2. The molecule has 0 radical (unpaired) electrons. The number of aromatic nitrogens is 3. The number of amides is 1. The highest BCUT2D eigenvalue weighted by atomic mass is 79.9. The fraction of sp³-hybridized carbons (Fsp3) is 0.111. The van der Waals surface area contributed by atoms with E-state index in [-0.39, 0.29) is 16.9 Å². The van der Waals surface area contributed by atoms with Crippen molar-refractivity contribution in [1.82, 2.24) is 14.4 Å². The molecule has 0 fully saturated rings. The zero-order chi connectivity index (χ0) is 18.6. The van der Waals surface area contributed by atoms with Crippen LogP contribution in [-0.2, 0) is 0 Å². The summed E-state index contributed by atoms with van der Waals surface area (Å²) in [6.45, 7) is 3.56. The van der Waals surface area contributed by atoms with Crippen molar-refractivity contribution in [3.8, 4) is 0 Å². The highest BCUT2D eigenvalue weighted by molar-refractivity contribution is 9.10. The van der Waals surface area contributed by atoms with Gasteiger partial charge in [0.15, 0.2) is 11.5 Å². The Kier molecular flexibility index (Phi) is 3.80. The van der Waals surface area contributed by atoms with Gasteiger partial charge in [0, 0.05) is 34.0 Å². The van der Waals surface area contributed by atoms with E-state index in [1.165, 1.54) is 16.7 Å². The number of imidazole rings is 1. The average Bonchev–Trinajstić information content (AvgIpc) is 3.09. The normalized spacial score (nSPS) is 11.4. The Labute approximate surface area is 155 Å². The molecule has 0 atom stereocenters. The quantitative estimate of drug-likeness (QED) is 0.494. The first-order valence-electron chi connectivity index (χ1n) is 7.77. The molecular formula is C18H13BrF2N4O. The minimum absolute atomic E-state index is 0.126. The van der Waals surface area contributed by atoms with Gasteiger partial charge in [-0.05, 0) is 41.9 Å². The van der Waals surface area contributed by atoms with Crippen molar-refractivity contribution in [1.29, 1.82) is 0 Å². The number of aryl methyl sites for hydroxylation is 2. The molecular weight excluding hydrogens is 406 g/mol. The SMILES string of the molecule is Cc1cn2cc(NC(=O)c3c(F)cc(Br)c4cc(C)[nH]c34)cc(F)c2n1. The Morgan fingerprint density at radius 3 is 2.73 bits per heavy atom. The number of hydrogen-bond acceptors (Lipinski definition) is 2. The van der Waals surface area contributed by atoms with Crippen LogP contribution in [0.4, 0.5) is 14.5 Å². The minimum atomic E-state index is -0.677. The third-order valence-corrected chi connectivity index (χ3v) is 4.72. The van der Waals surface area contributed by atoms with Crippen LogP contribution < -0.4 is 5.32 Å². The van der Waals surface area contributed by atoms with Crippen molar-refractivity contribution in [2.45, 2.75) is 13.8 Å². The molecule has 3 aromatic heterocycles. The van der Waals surface area contributed by atoms with Gasteiger partial charge in [-0.3, -0.25) is 4.79 Å². The lowest BCUT2D eigenvalue weighted by atomic mass is 10.1. The predicted octanol–water partition coefficient (Wildman–Crippen LogP) is 4.73. The second kappa shape index (κ2) is 5.91. The second-order valence-corrected chi connectivity index (χ2v) is 6.95. The highest BCUT2D eigenvalue weighted by Crippen LogP contribution is 2.30. The van der Waals surface area contributed by atoms with Gasteiger partial charge < -0.3 is 14.7 Å². The van der Waals surface area contributed by atoms with Gasteiger partial charge in [-0.2, -0.15) is 0 Å². The van der Waals surface area contributed by atoms with Gasteiger partial charge in [-0.15, -0.1) is 0 Å². The third kappa shape index (κ3) is 2.66. The lowest BCUT2D eigenvalue weighted by Gasteiger charge is -2.09. The number of H-pyrrole nitrogens is 1. The molecule has 1 aromatic carbocycles. The Morgan fingerprint density at radius 1 is 1.19 bits per heavy atom. The van der Waals surface area contributed by atoms with Gasteiger partial charge in [0.05, 0.1) is 22.5 Å². The Morgan fingerprint density at radius 2 is 1.96 bits per heavy atom. The van der Waals surface area contributed by atoms with Crippen LogP contribution in [0.25, 0.3) is 16.6 Å². The molecule has 0 aliphatic carbocycles. The van der Waals surface area contributed by atoms with Crippen molar-refractivity contribution < 1.29 is 13.6 Å². The lowest BCUT2D eigenvalue weighted by molar-refractivity contribution is 0.102. The molecule has 8 heteroatoms. The number of halogens is 3. The van der Waals surface area contributed by atoms with Crippen molar-refractivity contribution in [3.63, 3.8) is 0 Å². The summed E-state index contributed by atoms with van der Waals surface area (Å²) < 4.78 is 30.7. The number of hydrogen-bond donors (Lipinski definition) is 2. The minimum Gasteiger partial charge on any atom is -0.358 e. The van der Waals surface area contributed by atoms with Gasteiger partial charge >= 0.3 is 0 Å². The molecule has 132 valence electrons. The first kappa shape index (κ1) is 16.7. The largest absolute Gasteiger partial charge is 0.358 e. The number of anilines is 1. The van der Waals surface area contributed by atoms with Crippen LogP contribution in [0.3, 0.4) is 0 Å². The number of aromatic amines is 1. The Hall–Kier alpha value is -2.74. The summed E-state index contributed by atoms with van der Waals surface area (Å²) >= 11 is 3.30. The van der Waals surface area contributed by atoms with E-state index in [1.54, 1.807) is 13.1 Å². The van der Waals surface area contributed by atoms with Crippen molar-refractivity contribution >= 4 is 44.1 Å². The molecule has 0 unspecified atom stereocenters. The summed E-state index contributed by atoms with van der Waals surface area (Å²) in [4.78, 5) is 19.8. The van der Waals surface area contributed by atoms with E-state index in [1.807, 2.05) is 13.0 Å². The standard InChI is InChI=1S/C18H13BrF2N4O/c1-8-3-11-12(19)5-13(20)15(16(11)22-8)18(26)24-10-4-14(21)17-23-9(2)6-25(17)7-10/h3-7,22H,1-2H3,(H,24,26). The Bertz CT molecular complexity index is 1200. The van der Waals surface area contributed by atoms with E-state index in [2.05, 4.69) is 31.2 Å². The van der Waals surface area contributed by atoms with E-state index >= 15 is 0 Å². The van der Waals surface area contributed by atoms with Gasteiger partial charge in [0.1, 0.15) is 5.82 Å². The fourth-order valence-electron chi connectivity index (χ4n) is 3.02. The maximum Gasteiger partial charge on any atom is 0.260 e. The first-order chi connectivity index (χ1) is 12.3. The molecule has 0 saturated heterocycles. The molecule has 4 aromatic rings. The zero-order valence-electron chi connectivity index (χ0n) is 13.8. The monoisotopic (exact) mass is 418 g/mol. The molecule has 0 aliphatic heterocycles. The van der Waals surface area contributed by atoms with Crippen LogP contribution in [-0.4, -0.2) is 20.3 Å². The fourth-order valence-corrected chi connectivity index (χ4v) is 3.53. The van der Waals surface area contributed by atoms with Crippen molar-refractivity contribution in [2.75, 3.05) is 5.32 Å². The molecule has 0 spiro atoms. The smallest absolute Gasteiger partial charge is 0.260 e. The lowest BCUT2D eigenvalue weighted by Crippen LogP contribution is -2.15. The van der Waals surface area contributed by atoms with E-state index < -0.39 is 17.5 Å². The third-order valence-electron chi connectivity index (χ3n) is 4.06. The molecule has 26 heavy (non-hydrogen) atoms. The van der Waals surface area contributed by atoms with Gasteiger partial charge in [-0.25, -0.2) is 13.8 Å². The van der Waals surface area contributed by atoms with Crippen molar-refractivity contribution in [3.05, 3.63) is 63.7 Å². The summed E-state index contributed by atoms with van der Waals surface area (Å²) in [5.74, 6) is -1.92. The number of carbonyl (C=O) groups is 1. The molecule has 0 aliphatic rings. The number of carbonyl (C=O) groups excluding carboxylic acids is 1. The van der Waals surface area contributed by atoms with Crippen LogP contribution in [0.2, 0.25) is 0 Å². The topological polar surface area (TPSA) is 62.2 Å². The summed E-state index contributed by atoms with van der Waals surface area (Å²) in [6.07, 6.45) is 3.17. The van der Waals surface area contributed by atoms with E-state index in [4.69, 9.17) is 0 Å². The molecule has 1 amide bonds. The molecule has 3 heterocycles. The van der Waals surface area contributed by atoms with Crippen LogP contribution in [0, 0.1) is 25.5 Å². The molecule has 5 nitrogen and oxygen atoms in total. The number of nitrogens with one attached hydrogen (secondary N) is 2. The molecule has 0 saturated carbocycles. The summed E-state index contributed by atoms with van der Waals surface area (Å²) in [5, 5.41) is 3.25. The summed E-state index contributed by atoms with van der Waals surface area (Å²) in [5.41, 5.74) is 2.07. The first-order valence-corrected chi connectivity index (χ1v) is 8.56. The second-order valence-electron chi connectivity index (χ2n) is 6.10. The van der Waals surface area contributed by atoms with Gasteiger partial charge in [0.25, 0.3) is 5.91 Å². The number of nitrogens with zero attached hydrogens (tertiary/aromatic N) is 2. The van der Waals surface area contributed by atoms with E-state index in [9.17, 15) is 13.6 Å². The van der Waals surface area contributed by atoms with Gasteiger partial charge in [0.2, 0.25) is 0 Å². The summed E-state index contributed by atoms with van der Waals surface area (Å²) in [6, 6.07) is 4.22. The van der Waals surface area contributed by atoms with E-state index in [0.717, 1.165) is 11.8 Å². The summed E-state index contributed by atoms with van der Waals surface area (Å²) in [7, 11) is 0. The average molecular weight is 419 g/mol. The molecule has 0 bridgehead atoms. The molecule has 2 N–H and O–H groups in total. The van der Waals surface area contributed by atoms with Crippen LogP contribution in [0.15, 0.2) is 35.1 Å². The maximum absolute atomic E-state index is 14.5. The van der Waals surface area contributed by atoms with E-state index in [0.29, 0.717) is 21.1 Å². The number of fused-ring (bicyclic) bond motifs is 2. The number of benzene rings is 1. The maximum atomic E-state index is 14.5. The Balaban J connectivity index is 1.78. The zero-order valence-corrected chi connectivity index (χ0v) is 15.4. The van der Waals surface area contributed by atoms with Gasteiger partial charge in [-0.1, -0.05) is 0 Å². The van der Waals surface area contributed by atoms with Crippen LogP contribution in [0.5, 0.6) is 0 Å². The van der Waals surface area contributed by atoms with Crippen LogP contribution in [0.1, 0.15) is 21.7 Å². The number of pyridine rings is 1. The molecule has 4 rings (SSSR count). The van der Waals surface area contributed by atoms with Crippen LogP contribution >= 0.6 is 15.9 Å². The van der Waals surface area contributed by atoms with Crippen molar-refractivity contribution in [2.24, 2.45) is 0 Å².